The minimum Gasteiger partial charge on any atom is -0.349 e. The number of carbonyl (C=O) groups excluding carboxylic acids is 2. The van der Waals surface area contributed by atoms with E-state index in [9.17, 15) is 9.59 Å². The molecule has 2 atom stereocenters. The summed E-state index contributed by atoms with van der Waals surface area (Å²) >= 11 is 12.1. The second kappa shape index (κ2) is 7.07. The van der Waals surface area contributed by atoms with Crippen molar-refractivity contribution >= 4 is 35.0 Å². The minimum absolute atomic E-state index is 0.0272. The maximum atomic E-state index is 12.4. The van der Waals surface area contributed by atoms with E-state index in [1.807, 2.05) is 0 Å². The van der Waals surface area contributed by atoms with E-state index in [2.05, 4.69) is 16.0 Å². The smallest absolute Gasteiger partial charge is 0.254 e. The third-order valence-corrected chi connectivity index (χ3v) is 4.82. The molecule has 0 aromatic heterocycles. The van der Waals surface area contributed by atoms with Crippen LogP contribution in [-0.2, 0) is 4.79 Å². The van der Waals surface area contributed by atoms with Crippen molar-refractivity contribution in [3.05, 3.63) is 33.8 Å². The van der Waals surface area contributed by atoms with Crippen molar-refractivity contribution in [3.8, 4) is 0 Å². The van der Waals surface area contributed by atoms with Crippen LogP contribution < -0.4 is 16.0 Å². The highest BCUT2D eigenvalue weighted by molar-refractivity contribution is 6.39. The van der Waals surface area contributed by atoms with Crippen LogP contribution in [0, 0.1) is 5.92 Å². The van der Waals surface area contributed by atoms with Crippen molar-refractivity contribution in [1.29, 1.82) is 0 Å². The van der Waals surface area contributed by atoms with Crippen molar-refractivity contribution in [2.45, 2.75) is 37.9 Å². The standard InChI is InChI=1S/C16H19Cl2N3O2/c17-11-2-1-3-12(18)14(11)16(23)20-10-6-7-19-13(8-10)21-15(22)9-4-5-9/h1-3,9-10,13,19H,4-8H2,(H,20,23)(H,21,22). The molecule has 3 rings (SSSR count). The third-order valence-electron chi connectivity index (χ3n) is 4.19. The van der Waals surface area contributed by atoms with E-state index < -0.39 is 0 Å². The van der Waals surface area contributed by atoms with Crippen LogP contribution in [0.1, 0.15) is 36.0 Å². The summed E-state index contributed by atoms with van der Waals surface area (Å²) in [6.07, 6.45) is 3.28. The monoisotopic (exact) mass is 355 g/mol. The first-order valence-electron chi connectivity index (χ1n) is 7.83. The SMILES string of the molecule is O=C(NC1CCNC(NC(=O)C2CC2)C1)c1c(Cl)cccc1Cl. The van der Waals surface area contributed by atoms with Crippen LogP contribution in [-0.4, -0.2) is 30.6 Å². The highest BCUT2D eigenvalue weighted by Gasteiger charge is 2.32. The van der Waals surface area contributed by atoms with Gasteiger partial charge in [0.1, 0.15) is 0 Å². The fourth-order valence-electron chi connectivity index (χ4n) is 2.77. The Morgan fingerprint density at radius 3 is 2.43 bits per heavy atom. The second-order valence-corrected chi connectivity index (χ2v) is 6.90. The summed E-state index contributed by atoms with van der Waals surface area (Å²) < 4.78 is 0. The molecule has 1 heterocycles. The summed E-state index contributed by atoms with van der Waals surface area (Å²) in [6.45, 7) is 0.733. The van der Waals surface area contributed by atoms with Crippen LogP contribution in [0.25, 0.3) is 0 Å². The van der Waals surface area contributed by atoms with Crippen LogP contribution in [0.4, 0.5) is 0 Å². The number of rotatable bonds is 4. The molecule has 1 aromatic carbocycles. The van der Waals surface area contributed by atoms with E-state index in [-0.39, 0.29) is 29.9 Å². The number of halogens is 2. The van der Waals surface area contributed by atoms with Crippen LogP contribution in [0.15, 0.2) is 18.2 Å². The Bertz CT molecular complexity index is 599. The van der Waals surface area contributed by atoms with Crippen molar-refractivity contribution in [1.82, 2.24) is 16.0 Å². The summed E-state index contributed by atoms with van der Waals surface area (Å²) in [6, 6.07) is 4.96. The van der Waals surface area contributed by atoms with Gasteiger partial charge in [0.15, 0.2) is 0 Å². The van der Waals surface area contributed by atoms with Crippen molar-refractivity contribution in [3.63, 3.8) is 0 Å². The normalized spacial score (nSPS) is 24.1. The summed E-state index contributed by atoms with van der Waals surface area (Å²) in [7, 11) is 0. The molecule has 3 N–H and O–H groups in total. The zero-order valence-electron chi connectivity index (χ0n) is 12.6. The summed E-state index contributed by atoms with van der Waals surface area (Å²) in [5, 5.41) is 9.89. The van der Waals surface area contributed by atoms with Gasteiger partial charge in [0.2, 0.25) is 5.91 Å². The average molecular weight is 356 g/mol. The molecule has 124 valence electrons. The van der Waals surface area contributed by atoms with E-state index in [4.69, 9.17) is 23.2 Å². The van der Waals surface area contributed by atoms with Crippen molar-refractivity contribution in [2.24, 2.45) is 5.92 Å². The molecular weight excluding hydrogens is 337 g/mol. The first kappa shape index (κ1) is 16.6. The summed E-state index contributed by atoms with van der Waals surface area (Å²) in [5.41, 5.74) is 0.299. The molecule has 1 saturated carbocycles. The van der Waals surface area contributed by atoms with Gasteiger partial charge in [-0.15, -0.1) is 0 Å². The Hall–Kier alpha value is -1.30. The lowest BCUT2D eigenvalue weighted by atomic mass is 10.0. The first-order valence-corrected chi connectivity index (χ1v) is 8.59. The van der Waals surface area contributed by atoms with E-state index in [1.165, 1.54) is 0 Å². The fourth-order valence-corrected chi connectivity index (χ4v) is 3.34. The van der Waals surface area contributed by atoms with Crippen LogP contribution in [0.3, 0.4) is 0 Å². The molecule has 0 radical (unpaired) electrons. The second-order valence-electron chi connectivity index (χ2n) is 6.08. The lowest BCUT2D eigenvalue weighted by Crippen LogP contribution is -2.55. The maximum absolute atomic E-state index is 12.4. The molecule has 7 heteroatoms. The number of hydrogen-bond donors (Lipinski definition) is 3. The van der Waals surface area contributed by atoms with Gasteiger partial charge in [0.25, 0.3) is 5.91 Å². The Balaban J connectivity index is 1.58. The Morgan fingerprint density at radius 2 is 1.78 bits per heavy atom. The molecule has 5 nitrogen and oxygen atoms in total. The van der Waals surface area contributed by atoms with E-state index >= 15 is 0 Å². The largest absolute Gasteiger partial charge is 0.349 e. The van der Waals surface area contributed by atoms with Crippen molar-refractivity contribution in [2.75, 3.05) is 6.54 Å². The number of carbonyl (C=O) groups is 2. The summed E-state index contributed by atoms with van der Waals surface area (Å²) in [5.74, 6) is -0.00269. The lowest BCUT2D eigenvalue weighted by Gasteiger charge is -2.31. The van der Waals surface area contributed by atoms with Crippen LogP contribution in [0.2, 0.25) is 10.0 Å². The van der Waals surface area contributed by atoms with Gasteiger partial charge in [-0.05, 0) is 37.9 Å². The molecule has 1 aliphatic heterocycles. The van der Waals surface area contributed by atoms with Crippen LogP contribution in [0.5, 0.6) is 0 Å². The van der Waals surface area contributed by atoms with Gasteiger partial charge in [-0.2, -0.15) is 0 Å². The molecule has 1 aliphatic carbocycles. The first-order chi connectivity index (χ1) is 11.0. The molecule has 2 amide bonds. The van der Waals surface area contributed by atoms with Gasteiger partial charge in [0.05, 0.1) is 21.8 Å². The van der Waals surface area contributed by atoms with E-state index in [1.54, 1.807) is 18.2 Å². The van der Waals surface area contributed by atoms with Gasteiger partial charge in [-0.1, -0.05) is 29.3 Å². The topological polar surface area (TPSA) is 70.2 Å². The Morgan fingerprint density at radius 1 is 1.09 bits per heavy atom. The zero-order chi connectivity index (χ0) is 16.4. The molecule has 0 spiro atoms. The van der Waals surface area contributed by atoms with Crippen molar-refractivity contribution < 1.29 is 9.59 Å². The number of hydrogen-bond acceptors (Lipinski definition) is 3. The maximum Gasteiger partial charge on any atom is 0.254 e. The van der Waals surface area contributed by atoms with Gasteiger partial charge in [-0.25, -0.2) is 0 Å². The van der Waals surface area contributed by atoms with Gasteiger partial charge in [0, 0.05) is 18.4 Å². The molecule has 2 fully saturated rings. The number of benzene rings is 1. The lowest BCUT2D eigenvalue weighted by molar-refractivity contribution is -0.123. The van der Waals surface area contributed by atoms with E-state index in [0.29, 0.717) is 22.0 Å². The molecule has 1 aromatic rings. The molecule has 0 bridgehead atoms. The zero-order valence-corrected chi connectivity index (χ0v) is 14.1. The average Bonchev–Trinajstić information content (AvgIpc) is 3.32. The van der Waals surface area contributed by atoms with E-state index in [0.717, 1.165) is 25.8 Å². The Kier molecular flexibility index (Phi) is 5.09. The predicted octanol–water partition coefficient (Wildman–Crippen LogP) is 2.33. The Labute approximate surface area is 145 Å². The molecule has 23 heavy (non-hydrogen) atoms. The van der Waals surface area contributed by atoms with Gasteiger partial charge >= 0.3 is 0 Å². The number of nitrogens with one attached hydrogen (secondary N) is 3. The van der Waals surface area contributed by atoms with Gasteiger partial charge < -0.3 is 10.6 Å². The minimum atomic E-state index is -0.278. The summed E-state index contributed by atoms with van der Waals surface area (Å²) in [4.78, 5) is 24.3. The quantitative estimate of drug-likeness (QED) is 0.776. The highest BCUT2D eigenvalue weighted by Crippen LogP contribution is 2.29. The fraction of sp³-hybridized carbons (Fsp3) is 0.500. The molecule has 2 unspecified atom stereocenters. The predicted molar refractivity (Wildman–Crippen MR) is 89.6 cm³/mol. The number of amides is 2. The molecule has 2 aliphatic rings. The number of piperidine rings is 1. The molecular formula is C16H19Cl2N3O2. The third kappa shape index (κ3) is 4.16. The van der Waals surface area contributed by atoms with Crippen LogP contribution >= 0.6 is 23.2 Å². The molecule has 1 saturated heterocycles. The van der Waals surface area contributed by atoms with Gasteiger partial charge in [-0.3, -0.25) is 14.9 Å². The highest BCUT2D eigenvalue weighted by atomic mass is 35.5.